The Morgan fingerprint density at radius 2 is 1.52 bits per heavy atom. The molecule has 0 bridgehead atoms. The van der Waals surface area contributed by atoms with Crippen LogP contribution < -0.4 is 4.74 Å². The van der Waals surface area contributed by atoms with Gasteiger partial charge in [-0.05, 0) is 74.5 Å². The molecule has 166 valence electrons. The number of hydrogen-bond donors (Lipinski definition) is 1. The van der Waals surface area contributed by atoms with Gasteiger partial charge < -0.3 is 9.84 Å². The molecule has 29 heavy (non-hydrogen) atoms. The lowest BCUT2D eigenvalue weighted by Gasteiger charge is -2.29. The summed E-state index contributed by atoms with van der Waals surface area (Å²) in [5.41, 5.74) is 3.29. The van der Waals surface area contributed by atoms with Gasteiger partial charge in [-0.3, -0.25) is 0 Å². The molecule has 2 rings (SSSR count). The summed E-state index contributed by atoms with van der Waals surface area (Å²) < 4.78 is 6.34. The number of aromatic hydroxyl groups is 1. The maximum absolute atomic E-state index is 10.0. The van der Waals surface area contributed by atoms with E-state index in [2.05, 4.69) is 27.7 Å². The second-order valence-electron chi connectivity index (χ2n) is 10.3. The second-order valence-corrected chi connectivity index (χ2v) is 10.3. The highest BCUT2D eigenvalue weighted by molar-refractivity contribution is 5.53. The molecule has 0 aliphatic carbocycles. The van der Waals surface area contributed by atoms with Gasteiger partial charge in [-0.2, -0.15) is 0 Å². The molecule has 1 heterocycles. The highest BCUT2D eigenvalue weighted by Crippen LogP contribution is 2.38. The standard InChI is InChI=1S/C27H46O2/c1-19(2)10-7-11-20(3)12-8-13-21(4)14-9-15-24-16-17-25-23(6)26(28)18-22(5)27(25)29-24/h18-21,24,28H,7-17H2,1-6H3/t20-,21-,24?/m1/s1. The van der Waals surface area contributed by atoms with Crippen LogP contribution >= 0.6 is 0 Å². The molecule has 0 spiro atoms. The van der Waals surface area contributed by atoms with Gasteiger partial charge in [0, 0.05) is 5.56 Å². The van der Waals surface area contributed by atoms with Crippen molar-refractivity contribution in [2.75, 3.05) is 0 Å². The highest BCUT2D eigenvalue weighted by atomic mass is 16.5. The van der Waals surface area contributed by atoms with Crippen molar-refractivity contribution >= 4 is 0 Å². The summed E-state index contributed by atoms with van der Waals surface area (Å²) in [6, 6.07) is 1.85. The molecule has 1 aliphatic rings. The molecule has 2 nitrogen and oxygen atoms in total. The van der Waals surface area contributed by atoms with Crippen LogP contribution in [-0.4, -0.2) is 11.2 Å². The molecule has 1 aromatic rings. The van der Waals surface area contributed by atoms with Crippen LogP contribution in [0.1, 0.15) is 109 Å². The number of aryl methyl sites for hydroxylation is 1. The number of hydrogen-bond acceptors (Lipinski definition) is 2. The maximum Gasteiger partial charge on any atom is 0.126 e. The summed E-state index contributed by atoms with van der Waals surface area (Å²) in [6.07, 6.45) is 14.6. The molecule has 0 amide bonds. The van der Waals surface area contributed by atoms with Gasteiger partial charge in [-0.1, -0.05) is 72.6 Å². The SMILES string of the molecule is Cc1cc(O)c(C)c2c1OC(CCC[C@H](C)CCC[C@H](C)CCCC(C)C)CC2. The third-order valence-corrected chi connectivity index (χ3v) is 6.92. The summed E-state index contributed by atoms with van der Waals surface area (Å²) in [6.45, 7) is 13.6. The first kappa shape index (κ1) is 24.1. The predicted molar refractivity (Wildman–Crippen MR) is 125 cm³/mol. The molecular formula is C27H46O2. The molecule has 2 heteroatoms. The zero-order valence-corrected chi connectivity index (χ0v) is 20.0. The van der Waals surface area contributed by atoms with E-state index in [-0.39, 0.29) is 0 Å². The van der Waals surface area contributed by atoms with E-state index in [0.29, 0.717) is 11.9 Å². The highest BCUT2D eigenvalue weighted by Gasteiger charge is 2.24. The normalized spacial score (nSPS) is 18.4. The Labute approximate surface area is 180 Å². The van der Waals surface area contributed by atoms with Gasteiger partial charge in [-0.25, -0.2) is 0 Å². The summed E-state index contributed by atoms with van der Waals surface area (Å²) in [5.74, 6) is 4.02. The monoisotopic (exact) mass is 402 g/mol. The van der Waals surface area contributed by atoms with E-state index in [9.17, 15) is 5.11 Å². The fraction of sp³-hybridized carbons (Fsp3) is 0.778. The van der Waals surface area contributed by atoms with E-state index < -0.39 is 0 Å². The van der Waals surface area contributed by atoms with Crippen molar-refractivity contribution in [3.8, 4) is 11.5 Å². The first-order chi connectivity index (χ1) is 13.8. The minimum Gasteiger partial charge on any atom is -0.508 e. The molecule has 3 atom stereocenters. The van der Waals surface area contributed by atoms with Crippen molar-refractivity contribution in [3.63, 3.8) is 0 Å². The Hall–Kier alpha value is -1.18. The van der Waals surface area contributed by atoms with E-state index in [0.717, 1.165) is 53.9 Å². The van der Waals surface area contributed by atoms with Crippen molar-refractivity contribution in [2.24, 2.45) is 17.8 Å². The molecule has 0 fully saturated rings. The van der Waals surface area contributed by atoms with Crippen molar-refractivity contribution < 1.29 is 9.84 Å². The summed E-state index contributed by atoms with van der Waals surface area (Å²) >= 11 is 0. The number of phenolic OH excluding ortho intramolecular Hbond substituents is 1. The Kier molecular flexibility index (Phi) is 9.86. The van der Waals surface area contributed by atoms with Crippen LogP contribution in [-0.2, 0) is 6.42 Å². The molecule has 1 aliphatic heterocycles. The molecule has 0 saturated carbocycles. The topological polar surface area (TPSA) is 29.5 Å². The number of rotatable bonds is 12. The van der Waals surface area contributed by atoms with Gasteiger partial charge in [-0.15, -0.1) is 0 Å². The van der Waals surface area contributed by atoms with Crippen LogP contribution in [0.15, 0.2) is 6.07 Å². The van der Waals surface area contributed by atoms with Crippen molar-refractivity contribution in [1.29, 1.82) is 0 Å². The summed E-state index contributed by atoms with van der Waals surface area (Å²) in [4.78, 5) is 0. The average Bonchev–Trinajstić information content (AvgIpc) is 2.66. The van der Waals surface area contributed by atoms with Crippen molar-refractivity contribution in [2.45, 2.75) is 118 Å². The van der Waals surface area contributed by atoms with Gasteiger partial charge in [0.25, 0.3) is 0 Å². The number of fused-ring (bicyclic) bond motifs is 1. The molecule has 0 aromatic heterocycles. The fourth-order valence-electron chi connectivity index (χ4n) is 4.81. The Morgan fingerprint density at radius 1 is 0.931 bits per heavy atom. The third kappa shape index (κ3) is 7.87. The summed E-state index contributed by atoms with van der Waals surface area (Å²) in [5, 5.41) is 10.0. The van der Waals surface area contributed by atoms with Crippen LogP contribution in [0.5, 0.6) is 11.5 Å². The van der Waals surface area contributed by atoms with Gasteiger partial charge in [0.1, 0.15) is 11.5 Å². The van der Waals surface area contributed by atoms with Crippen molar-refractivity contribution in [1.82, 2.24) is 0 Å². The smallest absolute Gasteiger partial charge is 0.126 e. The third-order valence-electron chi connectivity index (χ3n) is 6.92. The van der Waals surface area contributed by atoms with Gasteiger partial charge in [0.2, 0.25) is 0 Å². The first-order valence-electron chi connectivity index (χ1n) is 12.3. The predicted octanol–water partition coefficient (Wildman–Crippen LogP) is 8.14. The van der Waals surface area contributed by atoms with Gasteiger partial charge in [0.05, 0.1) is 6.10 Å². The average molecular weight is 403 g/mol. The molecule has 0 saturated heterocycles. The summed E-state index contributed by atoms with van der Waals surface area (Å²) in [7, 11) is 0. The molecule has 1 aromatic carbocycles. The zero-order valence-electron chi connectivity index (χ0n) is 20.0. The van der Waals surface area contributed by atoms with Crippen LogP contribution in [0.2, 0.25) is 0 Å². The van der Waals surface area contributed by atoms with Crippen LogP contribution in [0.3, 0.4) is 0 Å². The fourth-order valence-corrected chi connectivity index (χ4v) is 4.81. The van der Waals surface area contributed by atoms with E-state index in [1.807, 2.05) is 19.9 Å². The zero-order chi connectivity index (χ0) is 21.4. The van der Waals surface area contributed by atoms with Crippen LogP contribution in [0, 0.1) is 31.6 Å². The lowest BCUT2D eigenvalue weighted by Crippen LogP contribution is -2.24. The molecule has 0 radical (unpaired) electrons. The van der Waals surface area contributed by atoms with Gasteiger partial charge >= 0.3 is 0 Å². The van der Waals surface area contributed by atoms with E-state index in [4.69, 9.17) is 4.74 Å². The number of phenols is 1. The Bertz CT molecular complexity index is 619. The molecule has 1 unspecified atom stereocenters. The first-order valence-corrected chi connectivity index (χ1v) is 12.3. The minimum absolute atomic E-state index is 0.346. The molecular weight excluding hydrogens is 356 g/mol. The number of ether oxygens (including phenoxy) is 1. The van der Waals surface area contributed by atoms with E-state index in [1.54, 1.807) is 0 Å². The van der Waals surface area contributed by atoms with Crippen LogP contribution in [0.4, 0.5) is 0 Å². The van der Waals surface area contributed by atoms with Crippen molar-refractivity contribution in [3.05, 3.63) is 22.8 Å². The Morgan fingerprint density at radius 3 is 2.14 bits per heavy atom. The molecule has 1 N–H and O–H groups in total. The maximum atomic E-state index is 10.0. The lowest BCUT2D eigenvalue weighted by atomic mass is 9.90. The quantitative estimate of drug-likeness (QED) is 0.382. The van der Waals surface area contributed by atoms with E-state index in [1.165, 1.54) is 56.9 Å². The number of benzene rings is 1. The largest absolute Gasteiger partial charge is 0.508 e. The van der Waals surface area contributed by atoms with Gasteiger partial charge in [0.15, 0.2) is 0 Å². The van der Waals surface area contributed by atoms with Crippen LogP contribution in [0.25, 0.3) is 0 Å². The Balaban J connectivity index is 1.62. The second kappa shape index (κ2) is 11.9. The minimum atomic E-state index is 0.346. The van der Waals surface area contributed by atoms with E-state index >= 15 is 0 Å². The lowest BCUT2D eigenvalue weighted by molar-refractivity contribution is 0.156.